The van der Waals surface area contributed by atoms with Crippen LogP contribution in [0.2, 0.25) is 0 Å². The SMILES string of the molecule is O=C(NCC1CC1)C1(F)CCCN(Cc2ccc3[nH]ccc3c2)C1. The second-order valence-corrected chi connectivity index (χ2v) is 7.33. The van der Waals surface area contributed by atoms with Gasteiger partial charge < -0.3 is 10.3 Å². The molecule has 4 nitrogen and oxygen atoms in total. The molecule has 1 saturated carbocycles. The fourth-order valence-electron chi connectivity index (χ4n) is 3.59. The van der Waals surface area contributed by atoms with Gasteiger partial charge in [0.2, 0.25) is 5.67 Å². The molecule has 1 aliphatic heterocycles. The van der Waals surface area contributed by atoms with E-state index in [4.69, 9.17) is 0 Å². The van der Waals surface area contributed by atoms with Crippen molar-refractivity contribution >= 4 is 16.8 Å². The van der Waals surface area contributed by atoms with Gasteiger partial charge in [-0.15, -0.1) is 0 Å². The van der Waals surface area contributed by atoms with Crippen LogP contribution in [0, 0.1) is 5.92 Å². The summed E-state index contributed by atoms with van der Waals surface area (Å²) < 4.78 is 15.1. The molecule has 2 fully saturated rings. The Morgan fingerprint density at radius 2 is 2.25 bits per heavy atom. The van der Waals surface area contributed by atoms with Crippen LogP contribution in [0.1, 0.15) is 31.2 Å². The highest BCUT2D eigenvalue weighted by Crippen LogP contribution is 2.30. The van der Waals surface area contributed by atoms with Crippen molar-refractivity contribution in [3.63, 3.8) is 0 Å². The van der Waals surface area contributed by atoms with Crippen molar-refractivity contribution in [1.29, 1.82) is 0 Å². The van der Waals surface area contributed by atoms with Crippen molar-refractivity contribution in [2.45, 2.75) is 37.9 Å². The molecule has 24 heavy (non-hydrogen) atoms. The second kappa shape index (κ2) is 6.20. The third kappa shape index (κ3) is 3.31. The fraction of sp³-hybridized carbons (Fsp3) is 0.526. The number of H-pyrrole nitrogens is 1. The number of rotatable bonds is 5. The molecule has 1 aliphatic carbocycles. The van der Waals surface area contributed by atoms with E-state index in [2.05, 4.69) is 33.4 Å². The number of piperidine rings is 1. The Hall–Kier alpha value is -1.88. The molecule has 5 heteroatoms. The lowest BCUT2D eigenvalue weighted by Crippen LogP contribution is -2.54. The molecule has 1 atom stereocenters. The van der Waals surface area contributed by atoms with Gasteiger partial charge >= 0.3 is 0 Å². The van der Waals surface area contributed by atoms with Crippen LogP contribution in [0.4, 0.5) is 4.39 Å². The summed E-state index contributed by atoms with van der Waals surface area (Å²) in [6.07, 6.45) is 5.30. The number of carbonyl (C=O) groups excluding carboxylic acids is 1. The van der Waals surface area contributed by atoms with E-state index in [0.29, 0.717) is 25.4 Å². The van der Waals surface area contributed by atoms with Crippen LogP contribution in [-0.2, 0) is 11.3 Å². The average Bonchev–Trinajstić information content (AvgIpc) is 3.28. The van der Waals surface area contributed by atoms with Gasteiger partial charge in [-0.05, 0) is 67.3 Å². The highest BCUT2D eigenvalue weighted by Gasteiger charge is 2.42. The van der Waals surface area contributed by atoms with Crippen molar-refractivity contribution in [2.75, 3.05) is 19.6 Å². The number of benzene rings is 1. The minimum atomic E-state index is -1.74. The van der Waals surface area contributed by atoms with E-state index in [1.807, 2.05) is 12.3 Å². The first kappa shape index (κ1) is 15.6. The molecule has 1 unspecified atom stereocenters. The predicted octanol–water partition coefficient (Wildman–Crippen LogP) is 3.00. The van der Waals surface area contributed by atoms with Crippen LogP contribution in [0.5, 0.6) is 0 Å². The van der Waals surface area contributed by atoms with Gasteiger partial charge in [0.15, 0.2) is 0 Å². The van der Waals surface area contributed by atoms with Crippen LogP contribution in [0.25, 0.3) is 10.9 Å². The number of nitrogens with one attached hydrogen (secondary N) is 2. The molecule has 2 aromatic rings. The molecule has 2 N–H and O–H groups in total. The van der Waals surface area contributed by atoms with E-state index in [0.717, 1.165) is 42.3 Å². The Labute approximate surface area is 141 Å². The summed E-state index contributed by atoms with van der Waals surface area (Å²) in [4.78, 5) is 17.5. The summed E-state index contributed by atoms with van der Waals surface area (Å²) in [6, 6.07) is 8.30. The van der Waals surface area contributed by atoms with Gasteiger partial charge in [-0.3, -0.25) is 9.69 Å². The maximum absolute atomic E-state index is 15.1. The first-order valence-corrected chi connectivity index (χ1v) is 8.88. The lowest BCUT2D eigenvalue weighted by atomic mass is 9.93. The van der Waals surface area contributed by atoms with Crippen molar-refractivity contribution in [2.24, 2.45) is 5.92 Å². The molecule has 1 aromatic carbocycles. The standard InChI is InChI=1S/C19H24FN3O/c20-19(18(24)22-11-14-2-3-14)7-1-9-23(13-19)12-15-4-5-17-16(10-15)6-8-21-17/h4-6,8,10,14,21H,1-3,7,9,11-13H2,(H,22,24). The van der Waals surface area contributed by atoms with E-state index in [-0.39, 0.29) is 6.54 Å². The highest BCUT2D eigenvalue weighted by atomic mass is 19.1. The topological polar surface area (TPSA) is 48.1 Å². The van der Waals surface area contributed by atoms with Gasteiger partial charge in [0.25, 0.3) is 5.91 Å². The van der Waals surface area contributed by atoms with E-state index >= 15 is 4.39 Å². The van der Waals surface area contributed by atoms with Crippen molar-refractivity contribution in [1.82, 2.24) is 15.2 Å². The average molecular weight is 329 g/mol. The highest BCUT2D eigenvalue weighted by molar-refractivity contribution is 5.85. The first-order chi connectivity index (χ1) is 11.6. The molecule has 1 saturated heterocycles. The van der Waals surface area contributed by atoms with E-state index in [9.17, 15) is 4.79 Å². The van der Waals surface area contributed by atoms with Crippen LogP contribution in [0.15, 0.2) is 30.5 Å². The predicted molar refractivity (Wildman–Crippen MR) is 92.4 cm³/mol. The summed E-state index contributed by atoms with van der Waals surface area (Å²) in [5, 5.41) is 3.98. The summed E-state index contributed by atoms with van der Waals surface area (Å²) in [5.74, 6) is 0.158. The maximum atomic E-state index is 15.1. The molecule has 4 rings (SSSR count). The van der Waals surface area contributed by atoms with Gasteiger partial charge in [-0.1, -0.05) is 6.07 Å². The largest absolute Gasteiger partial charge is 0.361 e. The summed E-state index contributed by atoms with van der Waals surface area (Å²) in [6.45, 7) is 2.35. The van der Waals surface area contributed by atoms with E-state index in [1.165, 1.54) is 0 Å². The molecule has 1 amide bonds. The molecule has 1 aromatic heterocycles. The zero-order valence-electron chi connectivity index (χ0n) is 13.9. The van der Waals surface area contributed by atoms with Crippen molar-refractivity contribution < 1.29 is 9.18 Å². The smallest absolute Gasteiger partial charge is 0.259 e. The quantitative estimate of drug-likeness (QED) is 0.886. The number of amides is 1. The first-order valence-electron chi connectivity index (χ1n) is 8.88. The van der Waals surface area contributed by atoms with Gasteiger partial charge in [0.1, 0.15) is 0 Å². The second-order valence-electron chi connectivity index (χ2n) is 7.33. The monoisotopic (exact) mass is 329 g/mol. The number of aromatic amines is 1. The fourth-order valence-corrected chi connectivity index (χ4v) is 3.59. The Morgan fingerprint density at radius 3 is 3.08 bits per heavy atom. The molecule has 2 aliphatic rings. The van der Waals surface area contributed by atoms with Gasteiger partial charge in [-0.2, -0.15) is 0 Å². The number of halogens is 1. The summed E-state index contributed by atoms with van der Waals surface area (Å²) in [7, 11) is 0. The molecule has 0 spiro atoms. The Balaban J connectivity index is 1.40. The van der Waals surface area contributed by atoms with Gasteiger partial charge in [-0.25, -0.2) is 4.39 Å². The van der Waals surface area contributed by atoms with E-state index < -0.39 is 11.6 Å². The number of alkyl halides is 1. The molecule has 0 bridgehead atoms. The Morgan fingerprint density at radius 1 is 1.38 bits per heavy atom. The third-order valence-electron chi connectivity index (χ3n) is 5.20. The van der Waals surface area contributed by atoms with E-state index in [1.54, 1.807) is 0 Å². The van der Waals surface area contributed by atoms with Crippen LogP contribution in [-0.4, -0.2) is 41.1 Å². The summed E-state index contributed by atoms with van der Waals surface area (Å²) in [5.41, 5.74) is 0.520. The molecular formula is C19H24FN3O. The summed E-state index contributed by atoms with van der Waals surface area (Å²) >= 11 is 0. The van der Waals surface area contributed by atoms with Crippen LogP contribution in [0.3, 0.4) is 0 Å². The number of fused-ring (bicyclic) bond motifs is 1. The minimum Gasteiger partial charge on any atom is -0.361 e. The van der Waals surface area contributed by atoms with Crippen molar-refractivity contribution in [3.05, 3.63) is 36.0 Å². The lowest BCUT2D eigenvalue weighted by Gasteiger charge is -2.36. The Bertz CT molecular complexity index is 739. The minimum absolute atomic E-state index is 0.189. The zero-order chi connectivity index (χ0) is 16.6. The van der Waals surface area contributed by atoms with Gasteiger partial charge in [0, 0.05) is 31.3 Å². The number of carbonyl (C=O) groups is 1. The number of hydrogen-bond acceptors (Lipinski definition) is 2. The Kier molecular flexibility index (Phi) is 4.04. The lowest BCUT2D eigenvalue weighted by molar-refractivity contribution is -0.136. The van der Waals surface area contributed by atoms with Gasteiger partial charge in [0.05, 0.1) is 0 Å². The third-order valence-corrected chi connectivity index (χ3v) is 5.20. The number of likely N-dealkylation sites (tertiary alicyclic amines) is 1. The zero-order valence-corrected chi connectivity index (χ0v) is 13.9. The van der Waals surface area contributed by atoms with Crippen LogP contribution < -0.4 is 5.32 Å². The van der Waals surface area contributed by atoms with Crippen LogP contribution >= 0.6 is 0 Å². The molecule has 128 valence electrons. The molecular weight excluding hydrogens is 305 g/mol. The maximum Gasteiger partial charge on any atom is 0.259 e. The molecule has 0 radical (unpaired) electrons. The number of nitrogens with zero attached hydrogens (tertiary/aromatic N) is 1. The normalized spacial score (nSPS) is 25.0. The number of aromatic nitrogens is 1. The molecule has 2 heterocycles. The number of hydrogen-bond donors (Lipinski definition) is 2. The van der Waals surface area contributed by atoms with Crippen molar-refractivity contribution in [3.8, 4) is 0 Å².